The van der Waals surface area contributed by atoms with Gasteiger partial charge in [-0.05, 0) is 31.4 Å². The van der Waals surface area contributed by atoms with Gasteiger partial charge >= 0.3 is 0 Å². The zero-order valence-corrected chi connectivity index (χ0v) is 11.1. The molecule has 1 aliphatic rings. The van der Waals surface area contributed by atoms with E-state index in [4.69, 9.17) is 16.0 Å². The van der Waals surface area contributed by atoms with Crippen molar-refractivity contribution in [3.8, 4) is 0 Å². The van der Waals surface area contributed by atoms with Crippen molar-refractivity contribution < 1.29 is 4.42 Å². The van der Waals surface area contributed by atoms with E-state index in [1.54, 1.807) is 0 Å². The molecule has 2 atom stereocenters. The summed E-state index contributed by atoms with van der Waals surface area (Å²) in [6, 6.07) is 8.02. The summed E-state index contributed by atoms with van der Waals surface area (Å²) < 4.78 is 5.88. The fraction of sp³-hybridized carbons (Fsp3) is 0.385. The highest BCUT2D eigenvalue weighted by atomic mass is 79.9. The van der Waals surface area contributed by atoms with Crippen molar-refractivity contribution in [2.75, 3.05) is 0 Å². The lowest BCUT2D eigenvalue weighted by molar-refractivity contribution is 0.495. The van der Waals surface area contributed by atoms with Crippen LogP contribution < -0.4 is 0 Å². The molecule has 2 aromatic rings. The third kappa shape index (κ3) is 1.78. The van der Waals surface area contributed by atoms with Crippen LogP contribution in [-0.4, -0.2) is 4.83 Å². The smallest absolute Gasteiger partial charge is 0.152 e. The SMILES string of the molecule is Clc1cccc2cc(C3CCC(Br)C3)oc12. The predicted octanol–water partition coefficient (Wildman–Crippen LogP) is 5.12. The highest BCUT2D eigenvalue weighted by Gasteiger charge is 2.26. The lowest BCUT2D eigenvalue weighted by atomic mass is 10.1. The third-order valence-corrected chi connectivity index (χ3v) is 4.42. The van der Waals surface area contributed by atoms with E-state index in [0.717, 1.165) is 23.2 Å². The van der Waals surface area contributed by atoms with E-state index >= 15 is 0 Å². The van der Waals surface area contributed by atoms with Crippen molar-refractivity contribution in [3.05, 3.63) is 35.0 Å². The van der Waals surface area contributed by atoms with E-state index in [1.807, 2.05) is 12.1 Å². The Kier molecular flexibility index (Phi) is 2.72. The average Bonchev–Trinajstić information content (AvgIpc) is 2.84. The maximum Gasteiger partial charge on any atom is 0.152 e. The van der Waals surface area contributed by atoms with Gasteiger partial charge in [-0.25, -0.2) is 0 Å². The molecule has 0 radical (unpaired) electrons. The minimum Gasteiger partial charge on any atom is -0.459 e. The van der Waals surface area contributed by atoms with Crippen molar-refractivity contribution in [1.29, 1.82) is 0 Å². The van der Waals surface area contributed by atoms with Crippen molar-refractivity contribution in [1.82, 2.24) is 0 Å². The van der Waals surface area contributed by atoms with Crippen LogP contribution in [0.3, 0.4) is 0 Å². The maximum atomic E-state index is 6.10. The minimum atomic E-state index is 0.549. The molecule has 0 bridgehead atoms. The Labute approximate surface area is 108 Å². The standard InChI is InChI=1S/C13H12BrClO/c14-10-5-4-8(6-10)12-7-9-2-1-3-11(15)13(9)16-12/h1-3,7-8,10H,4-6H2. The number of hydrogen-bond acceptors (Lipinski definition) is 1. The number of alkyl halides is 1. The molecule has 3 heteroatoms. The number of para-hydroxylation sites is 1. The first-order chi connectivity index (χ1) is 7.74. The number of rotatable bonds is 1. The Hall–Kier alpha value is -0.470. The predicted molar refractivity (Wildman–Crippen MR) is 70.5 cm³/mol. The zero-order chi connectivity index (χ0) is 11.1. The van der Waals surface area contributed by atoms with E-state index in [9.17, 15) is 0 Å². The highest BCUT2D eigenvalue weighted by Crippen LogP contribution is 2.40. The summed E-state index contributed by atoms with van der Waals surface area (Å²) in [6.45, 7) is 0. The molecule has 2 unspecified atom stereocenters. The molecule has 1 aromatic heterocycles. The second-order valence-corrected chi connectivity index (χ2v) is 6.12. The van der Waals surface area contributed by atoms with Gasteiger partial charge in [0.15, 0.2) is 5.58 Å². The van der Waals surface area contributed by atoms with Crippen LogP contribution in [0, 0.1) is 0 Å². The molecule has 0 N–H and O–H groups in total. The number of furan rings is 1. The van der Waals surface area contributed by atoms with Gasteiger partial charge in [-0.3, -0.25) is 0 Å². The molecule has 1 heterocycles. The molecule has 3 rings (SSSR count). The second-order valence-electron chi connectivity index (χ2n) is 4.41. The van der Waals surface area contributed by atoms with Gasteiger partial charge in [0.05, 0.1) is 5.02 Å². The molecular formula is C13H12BrClO. The van der Waals surface area contributed by atoms with Gasteiger partial charge in [0.1, 0.15) is 5.76 Å². The normalized spacial score (nSPS) is 25.4. The summed E-state index contributed by atoms with van der Waals surface area (Å²) in [5.41, 5.74) is 0.831. The van der Waals surface area contributed by atoms with E-state index in [1.165, 1.54) is 12.8 Å². The molecule has 0 saturated heterocycles. The second kappa shape index (κ2) is 4.08. The molecule has 0 aliphatic heterocycles. The summed E-state index contributed by atoms with van der Waals surface area (Å²) in [4.78, 5) is 0.640. The van der Waals surface area contributed by atoms with Crippen molar-refractivity contribution in [2.45, 2.75) is 30.0 Å². The molecular weight excluding hydrogens is 287 g/mol. The van der Waals surface area contributed by atoms with Crippen molar-refractivity contribution in [3.63, 3.8) is 0 Å². The Morgan fingerprint density at radius 2 is 2.19 bits per heavy atom. The number of halogens is 2. The molecule has 0 spiro atoms. The van der Waals surface area contributed by atoms with Crippen LogP contribution in [0.15, 0.2) is 28.7 Å². The third-order valence-electron chi connectivity index (χ3n) is 3.29. The van der Waals surface area contributed by atoms with Crippen LogP contribution >= 0.6 is 27.5 Å². The topological polar surface area (TPSA) is 13.1 Å². The van der Waals surface area contributed by atoms with Gasteiger partial charge in [0.25, 0.3) is 0 Å². The number of benzene rings is 1. The van der Waals surface area contributed by atoms with Crippen LogP contribution in [0.2, 0.25) is 5.02 Å². The highest BCUT2D eigenvalue weighted by molar-refractivity contribution is 9.09. The first-order valence-corrected chi connectivity index (χ1v) is 6.85. The molecule has 0 amide bonds. The molecule has 1 fully saturated rings. The summed E-state index contributed by atoms with van der Waals surface area (Å²) in [5, 5.41) is 1.82. The summed E-state index contributed by atoms with van der Waals surface area (Å²) >= 11 is 9.77. The summed E-state index contributed by atoms with van der Waals surface area (Å²) in [6.07, 6.45) is 3.60. The largest absolute Gasteiger partial charge is 0.459 e. The number of hydrogen-bond donors (Lipinski definition) is 0. The molecule has 1 aromatic carbocycles. The Morgan fingerprint density at radius 1 is 1.31 bits per heavy atom. The number of fused-ring (bicyclic) bond motifs is 1. The van der Waals surface area contributed by atoms with Crippen LogP contribution in [0.5, 0.6) is 0 Å². The first kappa shape index (κ1) is 10.7. The van der Waals surface area contributed by atoms with Crippen molar-refractivity contribution >= 4 is 38.5 Å². The first-order valence-electron chi connectivity index (χ1n) is 5.56. The summed E-state index contributed by atoms with van der Waals surface area (Å²) in [7, 11) is 0. The van der Waals surface area contributed by atoms with Gasteiger partial charge in [-0.15, -0.1) is 0 Å². The van der Waals surface area contributed by atoms with Gasteiger partial charge < -0.3 is 4.42 Å². The quantitative estimate of drug-likeness (QED) is 0.666. The van der Waals surface area contributed by atoms with E-state index in [-0.39, 0.29) is 0 Å². The van der Waals surface area contributed by atoms with Gasteiger partial charge in [-0.2, -0.15) is 0 Å². The molecule has 16 heavy (non-hydrogen) atoms. The molecule has 1 aliphatic carbocycles. The molecule has 84 valence electrons. The van der Waals surface area contributed by atoms with E-state index in [0.29, 0.717) is 15.8 Å². The van der Waals surface area contributed by atoms with Gasteiger partial charge in [0.2, 0.25) is 0 Å². The Balaban J connectivity index is 2.02. The van der Waals surface area contributed by atoms with E-state index in [2.05, 4.69) is 28.1 Å². The lowest BCUT2D eigenvalue weighted by Gasteiger charge is -2.03. The fourth-order valence-electron chi connectivity index (χ4n) is 2.43. The van der Waals surface area contributed by atoms with Crippen LogP contribution in [0.4, 0.5) is 0 Å². The van der Waals surface area contributed by atoms with Crippen LogP contribution in [0.25, 0.3) is 11.0 Å². The van der Waals surface area contributed by atoms with Crippen molar-refractivity contribution in [2.24, 2.45) is 0 Å². The zero-order valence-electron chi connectivity index (χ0n) is 8.75. The maximum absolute atomic E-state index is 6.10. The molecule has 1 saturated carbocycles. The fourth-order valence-corrected chi connectivity index (χ4v) is 3.37. The molecule has 1 nitrogen and oxygen atoms in total. The monoisotopic (exact) mass is 298 g/mol. The minimum absolute atomic E-state index is 0.549. The van der Waals surface area contributed by atoms with Gasteiger partial charge in [0, 0.05) is 16.1 Å². The Morgan fingerprint density at radius 3 is 2.88 bits per heavy atom. The summed E-state index contributed by atoms with van der Waals surface area (Å²) in [5.74, 6) is 1.64. The van der Waals surface area contributed by atoms with Crippen LogP contribution in [-0.2, 0) is 0 Å². The van der Waals surface area contributed by atoms with E-state index < -0.39 is 0 Å². The average molecular weight is 300 g/mol. The van der Waals surface area contributed by atoms with Crippen LogP contribution in [0.1, 0.15) is 30.9 Å². The lowest BCUT2D eigenvalue weighted by Crippen LogP contribution is -1.91. The Bertz CT molecular complexity index is 520. The van der Waals surface area contributed by atoms with Gasteiger partial charge in [-0.1, -0.05) is 39.7 Å².